The summed E-state index contributed by atoms with van der Waals surface area (Å²) in [7, 11) is 3.03. The molecule has 0 aliphatic carbocycles. The number of benzene rings is 1. The van der Waals surface area contributed by atoms with E-state index in [1.54, 1.807) is 25.1 Å². The maximum absolute atomic E-state index is 12.5. The predicted molar refractivity (Wildman–Crippen MR) is 78.0 cm³/mol. The highest BCUT2D eigenvalue weighted by atomic mass is 19.1. The van der Waals surface area contributed by atoms with E-state index in [4.69, 9.17) is 14.6 Å². The van der Waals surface area contributed by atoms with E-state index in [0.29, 0.717) is 17.9 Å². The van der Waals surface area contributed by atoms with Gasteiger partial charge < -0.3 is 19.9 Å². The Morgan fingerprint density at radius 2 is 1.91 bits per heavy atom. The Morgan fingerprint density at radius 1 is 1.27 bits per heavy atom. The number of carbonyl (C=O) groups excluding carboxylic acids is 1. The summed E-state index contributed by atoms with van der Waals surface area (Å²) in [6.45, 7) is 0.493. The number of halogens is 1. The number of hydrogen-bond donors (Lipinski definition) is 2. The molecule has 1 aromatic rings. The van der Waals surface area contributed by atoms with Crippen molar-refractivity contribution < 1.29 is 28.6 Å². The molecule has 1 amide bonds. The van der Waals surface area contributed by atoms with E-state index in [0.717, 1.165) is 5.56 Å². The zero-order chi connectivity index (χ0) is 16.7. The molecule has 0 radical (unpaired) electrons. The molecule has 1 aromatic carbocycles. The van der Waals surface area contributed by atoms with Gasteiger partial charge in [-0.3, -0.25) is 4.79 Å². The molecule has 2 atom stereocenters. The molecule has 2 N–H and O–H groups in total. The van der Waals surface area contributed by atoms with Gasteiger partial charge in [0, 0.05) is 5.92 Å². The summed E-state index contributed by atoms with van der Waals surface area (Å²) in [4.78, 5) is 22.6. The van der Waals surface area contributed by atoms with E-state index in [-0.39, 0.29) is 0 Å². The number of aliphatic carboxylic acids is 1. The van der Waals surface area contributed by atoms with Gasteiger partial charge in [-0.2, -0.15) is 0 Å². The van der Waals surface area contributed by atoms with E-state index in [1.807, 2.05) is 0 Å². The summed E-state index contributed by atoms with van der Waals surface area (Å²) in [5.74, 6) is -1.30. The first-order valence-electron chi connectivity index (χ1n) is 6.73. The van der Waals surface area contributed by atoms with Crippen LogP contribution in [0.5, 0.6) is 11.5 Å². The first kappa shape index (κ1) is 17.7. The number of carboxylic acid groups (broad SMARTS) is 1. The Bertz CT molecular complexity index is 535. The average Bonchev–Trinajstić information content (AvgIpc) is 2.51. The Morgan fingerprint density at radius 3 is 2.41 bits per heavy atom. The number of amides is 1. The maximum atomic E-state index is 12.5. The van der Waals surface area contributed by atoms with E-state index < -0.39 is 30.5 Å². The maximum Gasteiger partial charge on any atom is 0.328 e. The molecule has 0 aromatic heterocycles. The second-order valence-electron chi connectivity index (χ2n) is 4.85. The van der Waals surface area contributed by atoms with Crippen molar-refractivity contribution in [1.29, 1.82) is 0 Å². The van der Waals surface area contributed by atoms with Crippen LogP contribution in [0.15, 0.2) is 18.2 Å². The van der Waals surface area contributed by atoms with E-state index in [1.165, 1.54) is 14.2 Å². The molecule has 0 fully saturated rings. The molecule has 0 aliphatic rings. The molecule has 6 nitrogen and oxygen atoms in total. The fourth-order valence-corrected chi connectivity index (χ4v) is 1.93. The fraction of sp³-hybridized carbons (Fsp3) is 0.467. The number of rotatable bonds is 8. The zero-order valence-corrected chi connectivity index (χ0v) is 12.8. The van der Waals surface area contributed by atoms with Crippen molar-refractivity contribution in [3.63, 3.8) is 0 Å². The number of carboxylic acids is 1. The van der Waals surface area contributed by atoms with E-state index in [9.17, 15) is 14.0 Å². The topological polar surface area (TPSA) is 84.9 Å². The van der Waals surface area contributed by atoms with Gasteiger partial charge in [0.25, 0.3) is 0 Å². The summed E-state index contributed by atoms with van der Waals surface area (Å²) in [6, 6.07) is 3.74. The largest absolute Gasteiger partial charge is 0.493 e. The van der Waals surface area contributed by atoms with Crippen LogP contribution in [0, 0.1) is 5.92 Å². The van der Waals surface area contributed by atoms with Crippen LogP contribution in [0.3, 0.4) is 0 Å². The summed E-state index contributed by atoms with van der Waals surface area (Å²) in [6.07, 6.45) is 0.366. The molecule has 122 valence electrons. The molecule has 2 unspecified atom stereocenters. The highest BCUT2D eigenvalue weighted by Crippen LogP contribution is 2.28. The Labute approximate surface area is 128 Å². The predicted octanol–water partition coefficient (Wildman–Crippen LogP) is 1.42. The third kappa shape index (κ3) is 4.61. The Hall–Kier alpha value is -2.31. The lowest BCUT2D eigenvalue weighted by Crippen LogP contribution is -2.44. The number of methoxy groups -OCH3 is 2. The Kier molecular flexibility index (Phi) is 6.62. The van der Waals surface area contributed by atoms with Gasteiger partial charge in [-0.25, -0.2) is 9.18 Å². The number of nitrogens with one attached hydrogen (secondary N) is 1. The first-order chi connectivity index (χ1) is 10.4. The smallest absolute Gasteiger partial charge is 0.328 e. The molecule has 22 heavy (non-hydrogen) atoms. The summed E-state index contributed by atoms with van der Waals surface area (Å²) < 4.78 is 22.8. The molecular weight excluding hydrogens is 293 g/mol. The normalized spacial score (nSPS) is 13.1. The third-order valence-corrected chi connectivity index (χ3v) is 3.21. The van der Waals surface area contributed by atoms with Crippen molar-refractivity contribution in [1.82, 2.24) is 5.32 Å². The summed E-state index contributed by atoms with van der Waals surface area (Å²) in [5.41, 5.74) is 0.826. The molecule has 0 aliphatic heterocycles. The second-order valence-corrected chi connectivity index (χ2v) is 4.85. The number of alkyl halides is 1. The lowest BCUT2D eigenvalue weighted by atomic mass is 9.99. The number of carbonyl (C=O) groups is 2. The fourth-order valence-electron chi connectivity index (χ4n) is 1.93. The Balaban J connectivity index is 2.73. The van der Waals surface area contributed by atoms with Crippen LogP contribution in [0.2, 0.25) is 0 Å². The van der Waals surface area contributed by atoms with Gasteiger partial charge in [0.15, 0.2) is 17.5 Å². The van der Waals surface area contributed by atoms with Gasteiger partial charge in [0.2, 0.25) is 5.91 Å². The van der Waals surface area contributed by atoms with Crippen molar-refractivity contribution in [2.24, 2.45) is 5.92 Å². The van der Waals surface area contributed by atoms with Gasteiger partial charge in [-0.05, 0) is 24.1 Å². The summed E-state index contributed by atoms with van der Waals surface area (Å²) in [5, 5.41) is 10.9. The molecule has 0 bridgehead atoms. The molecule has 0 saturated heterocycles. The lowest BCUT2D eigenvalue weighted by molar-refractivity contribution is -0.142. The van der Waals surface area contributed by atoms with Crippen LogP contribution in [0.4, 0.5) is 4.39 Å². The molecule has 7 heteroatoms. The van der Waals surface area contributed by atoms with Gasteiger partial charge >= 0.3 is 5.97 Å². The van der Waals surface area contributed by atoms with Crippen LogP contribution in [-0.2, 0) is 16.0 Å². The SMILES string of the molecule is COc1ccc(CC(C)C(=O)NC(CF)C(=O)O)cc1OC. The minimum absolute atomic E-state index is 0.366. The number of ether oxygens (including phenoxy) is 2. The van der Waals surface area contributed by atoms with Crippen molar-refractivity contribution in [2.75, 3.05) is 20.9 Å². The van der Waals surface area contributed by atoms with E-state index >= 15 is 0 Å². The zero-order valence-electron chi connectivity index (χ0n) is 12.8. The van der Waals surface area contributed by atoms with Crippen molar-refractivity contribution in [3.05, 3.63) is 23.8 Å². The van der Waals surface area contributed by atoms with Crippen LogP contribution >= 0.6 is 0 Å². The van der Waals surface area contributed by atoms with Crippen LogP contribution < -0.4 is 14.8 Å². The molecule has 1 rings (SSSR count). The molecule has 0 spiro atoms. The first-order valence-corrected chi connectivity index (χ1v) is 6.73. The van der Waals surface area contributed by atoms with Crippen molar-refractivity contribution >= 4 is 11.9 Å². The highest BCUT2D eigenvalue weighted by Gasteiger charge is 2.23. The minimum atomic E-state index is -1.51. The van der Waals surface area contributed by atoms with E-state index in [2.05, 4.69) is 5.32 Å². The molecule has 0 saturated carbocycles. The monoisotopic (exact) mass is 313 g/mol. The summed E-state index contributed by atoms with van der Waals surface area (Å²) >= 11 is 0. The average molecular weight is 313 g/mol. The van der Waals surface area contributed by atoms with Crippen LogP contribution in [0.25, 0.3) is 0 Å². The molecular formula is C15H20FNO5. The van der Waals surface area contributed by atoms with Gasteiger partial charge in [0.1, 0.15) is 6.67 Å². The standard InChI is InChI=1S/C15H20FNO5/c1-9(14(18)17-11(8-16)15(19)20)6-10-4-5-12(21-2)13(7-10)22-3/h4-5,7,9,11H,6,8H2,1-3H3,(H,17,18)(H,19,20). The second kappa shape index (κ2) is 8.21. The third-order valence-electron chi connectivity index (χ3n) is 3.21. The molecule has 0 heterocycles. The number of hydrogen-bond acceptors (Lipinski definition) is 4. The lowest BCUT2D eigenvalue weighted by Gasteiger charge is -2.16. The minimum Gasteiger partial charge on any atom is -0.493 e. The van der Waals surface area contributed by atoms with Crippen molar-refractivity contribution in [3.8, 4) is 11.5 Å². The van der Waals surface area contributed by atoms with Crippen LogP contribution in [-0.4, -0.2) is 43.9 Å². The van der Waals surface area contributed by atoms with Gasteiger partial charge in [0.05, 0.1) is 14.2 Å². The van der Waals surface area contributed by atoms with Crippen molar-refractivity contribution in [2.45, 2.75) is 19.4 Å². The quantitative estimate of drug-likeness (QED) is 0.758. The van der Waals surface area contributed by atoms with Gasteiger partial charge in [-0.1, -0.05) is 13.0 Å². The highest BCUT2D eigenvalue weighted by molar-refractivity contribution is 5.85. The van der Waals surface area contributed by atoms with Gasteiger partial charge in [-0.15, -0.1) is 0 Å². The van der Waals surface area contributed by atoms with Crippen LogP contribution in [0.1, 0.15) is 12.5 Å².